The molecule has 1 aromatic carbocycles. The molecule has 1 heterocycles. The van der Waals surface area contributed by atoms with Crippen molar-refractivity contribution in [2.45, 2.75) is 46.7 Å². The van der Waals surface area contributed by atoms with E-state index in [9.17, 15) is 13.2 Å². The van der Waals surface area contributed by atoms with E-state index in [1.54, 1.807) is 0 Å². The van der Waals surface area contributed by atoms with Crippen LogP contribution >= 0.6 is 0 Å². The van der Waals surface area contributed by atoms with Crippen LogP contribution in [0.2, 0.25) is 0 Å². The molecule has 142 valence electrons. The molecule has 0 unspecified atom stereocenters. The molecule has 0 N–H and O–H groups in total. The summed E-state index contributed by atoms with van der Waals surface area (Å²) < 4.78 is 24.0. The zero-order valence-corrected chi connectivity index (χ0v) is 16.9. The highest BCUT2D eigenvalue weighted by atomic mass is 32.2. The maximum Gasteiger partial charge on any atom is 0.227 e. The molecule has 1 aliphatic carbocycles. The Labute approximate surface area is 157 Å². The Balaban J connectivity index is 1.86. The molecule has 2 fully saturated rings. The quantitative estimate of drug-likeness (QED) is 0.741. The molecule has 1 aliphatic heterocycles. The minimum atomic E-state index is -3.04. The monoisotopic (exact) mass is 375 g/mol. The maximum atomic E-state index is 13.4. The molecule has 3 rings (SSSR count). The molecule has 5 heteroatoms. The number of hydrogen-bond donors (Lipinski definition) is 0. The predicted octanol–water partition coefficient (Wildman–Crippen LogP) is 3.44. The highest BCUT2D eigenvalue weighted by Crippen LogP contribution is 2.60. The first-order chi connectivity index (χ1) is 12.1. The van der Waals surface area contributed by atoms with Crippen LogP contribution in [-0.4, -0.2) is 36.8 Å². The average Bonchev–Trinajstić information content (AvgIpc) is 2.89. The van der Waals surface area contributed by atoms with Crippen LogP contribution in [0, 0.1) is 17.3 Å². The third-order valence-electron chi connectivity index (χ3n) is 5.82. The molecule has 4 nitrogen and oxygen atoms in total. The fourth-order valence-corrected chi connectivity index (χ4v) is 5.92. The summed E-state index contributed by atoms with van der Waals surface area (Å²) in [7, 11) is -3.04. The smallest absolute Gasteiger partial charge is 0.227 e. The largest absolute Gasteiger partial charge is 0.334 e. The lowest BCUT2D eigenvalue weighted by atomic mass is 10.1. The Bertz CT molecular complexity index is 807. The van der Waals surface area contributed by atoms with E-state index in [1.807, 2.05) is 35.2 Å². The topological polar surface area (TPSA) is 54.5 Å². The van der Waals surface area contributed by atoms with Crippen molar-refractivity contribution in [3.8, 4) is 0 Å². The van der Waals surface area contributed by atoms with E-state index in [-0.39, 0.29) is 40.7 Å². The number of hydrogen-bond acceptors (Lipinski definition) is 3. The summed E-state index contributed by atoms with van der Waals surface area (Å²) in [5.74, 6) is 0.539. The minimum Gasteiger partial charge on any atom is -0.334 e. The molecule has 0 bridgehead atoms. The molecule has 1 amide bonds. The van der Waals surface area contributed by atoms with Crippen molar-refractivity contribution in [2.24, 2.45) is 17.3 Å². The molecule has 0 spiro atoms. The normalized spacial score (nSPS) is 28.4. The third kappa shape index (κ3) is 3.88. The Morgan fingerprint density at radius 1 is 1.23 bits per heavy atom. The molecule has 0 radical (unpaired) electrons. The lowest BCUT2D eigenvalue weighted by molar-refractivity contribution is -0.136. The Morgan fingerprint density at radius 3 is 2.42 bits per heavy atom. The van der Waals surface area contributed by atoms with Crippen molar-refractivity contribution < 1.29 is 13.2 Å². The number of amides is 1. The van der Waals surface area contributed by atoms with Crippen LogP contribution in [0.4, 0.5) is 0 Å². The summed E-state index contributed by atoms with van der Waals surface area (Å²) in [6, 6.07) is 9.64. The summed E-state index contributed by atoms with van der Waals surface area (Å²) in [6.07, 6.45) is 2.73. The number of rotatable bonds is 5. The first-order valence-electron chi connectivity index (χ1n) is 9.31. The lowest BCUT2D eigenvalue weighted by Gasteiger charge is -2.29. The summed E-state index contributed by atoms with van der Waals surface area (Å²) >= 11 is 0. The van der Waals surface area contributed by atoms with Crippen LogP contribution in [0.3, 0.4) is 0 Å². The molecule has 1 saturated carbocycles. The second kappa shape index (κ2) is 6.84. The van der Waals surface area contributed by atoms with Gasteiger partial charge in [-0.25, -0.2) is 8.42 Å². The van der Waals surface area contributed by atoms with Gasteiger partial charge in [0.1, 0.15) is 0 Å². The van der Waals surface area contributed by atoms with Crippen LogP contribution < -0.4 is 0 Å². The second-order valence-corrected chi connectivity index (χ2v) is 10.8. The van der Waals surface area contributed by atoms with E-state index in [2.05, 4.69) is 33.8 Å². The van der Waals surface area contributed by atoms with E-state index in [0.717, 1.165) is 5.56 Å². The van der Waals surface area contributed by atoms with Gasteiger partial charge in [0.25, 0.3) is 0 Å². The third-order valence-corrected chi connectivity index (χ3v) is 7.57. The van der Waals surface area contributed by atoms with Gasteiger partial charge < -0.3 is 4.90 Å². The average molecular weight is 376 g/mol. The fraction of sp³-hybridized carbons (Fsp3) is 0.571. The van der Waals surface area contributed by atoms with Gasteiger partial charge in [0.15, 0.2) is 9.84 Å². The molecule has 3 atom stereocenters. The van der Waals surface area contributed by atoms with Gasteiger partial charge in [0, 0.05) is 12.6 Å². The van der Waals surface area contributed by atoms with Gasteiger partial charge in [-0.2, -0.15) is 0 Å². The maximum absolute atomic E-state index is 13.4. The molecular formula is C21H29NO3S. The van der Waals surface area contributed by atoms with Crippen molar-refractivity contribution in [1.29, 1.82) is 0 Å². The van der Waals surface area contributed by atoms with Gasteiger partial charge >= 0.3 is 0 Å². The highest BCUT2D eigenvalue weighted by molar-refractivity contribution is 7.91. The Kier molecular flexibility index (Phi) is 5.04. The summed E-state index contributed by atoms with van der Waals surface area (Å²) in [5, 5.41) is 0. The van der Waals surface area contributed by atoms with Gasteiger partial charge in [0.05, 0.1) is 17.4 Å². The number of carbonyl (C=O) groups excluding carboxylic acids is 1. The van der Waals surface area contributed by atoms with E-state index in [0.29, 0.717) is 13.0 Å². The standard InChI is InChI=1S/C21H29NO3S/c1-15(2)12-18-19(21(18,3)4)20(23)22(13-16-8-6-5-7-9-16)17-10-11-26(24,25)14-17/h5-9,12,17-19H,10-11,13-14H2,1-4H3/t17-,18+,19+/m1/s1. The number of allylic oxidation sites excluding steroid dienone is 2. The summed E-state index contributed by atoms with van der Waals surface area (Å²) in [6.45, 7) is 8.86. The van der Waals surface area contributed by atoms with Crippen molar-refractivity contribution in [3.05, 3.63) is 47.5 Å². The fourth-order valence-electron chi connectivity index (χ4n) is 4.19. The van der Waals surface area contributed by atoms with Gasteiger partial charge in [-0.15, -0.1) is 0 Å². The molecule has 0 aromatic heterocycles. The summed E-state index contributed by atoms with van der Waals surface area (Å²) in [4.78, 5) is 15.3. The molecule has 26 heavy (non-hydrogen) atoms. The van der Waals surface area contributed by atoms with Gasteiger partial charge in [0.2, 0.25) is 5.91 Å². The van der Waals surface area contributed by atoms with Crippen LogP contribution in [0.15, 0.2) is 42.0 Å². The van der Waals surface area contributed by atoms with E-state index in [4.69, 9.17) is 0 Å². The van der Waals surface area contributed by atoms with Crippen LogP contribution in [0.5, 0.6) is 0 Å². The SMILES string of the molecule is CC(C)=C[C@H]1[C@@H](C(=O)N(Cc2ccccc2)[C@@H]2CCS(=O)(=O)C2)C1(C)C. The van der Waals surface area contributed by atoms with Crippen LogP contribution in [0.25, 0.3) is 0 Å². The zero-order valence-electron chi connectivity index (χ0n) is 16.1. The number of carbonyl (C=O) groups is 1. The number of nitrogens with zero attached hydrogens (tertiary/aromatic N) is 1. The van der Waals surface area contributed by atoms with Crippen molar-refractivity contribution in [3.63, 3.8) is 0 Å². The van der Waals surface area contributed by atoms with Gasteiger partial charge in [-0.05, 0) is 37.2 Å². The van der Waals surface area contributed by atoms with E-state index < -0.39 is 9.84 Å². The minimum absolute atomic E-state index is 0.0654. The summed E-state index contributed by atoms with van der Waals surface area (Å²) in [5.41, 5.74) is 2.19. The molecule has 1 saturated heterocycles. The van der Waals surface area contributed by atoms with E-state index >= 15 is 0 Å². The first-order valence-corrected chi connectivity index (χ1v) is 11.1. The predicted molar refractivity (Wildman–Crippen MR) is 104 cm³/mol. The van der Waals surface area contributed by atoms with Gasteiger partial charge in [-0.1, -0.05) is 55.8 Å². The lowest BCUT2D eigenvalue weighted by Crippen LogP contribution is -2.42. The molecule has 1 aromatic rings. The second-order valence-electron chi connectivity index (χ2n) is 8.58. The van der Waals surface area contributed by atoms with Crippen molar-refractivity contribution in [2.75, 3.05) is 11.5 Å². The zero-order chi connectivity index (χ0) is 19.1. The Morgan fingerprint density at radius 2 is 1.88 bits per heavy atom. The first kappa shape index (κ1) is 19.2. The molecular weight excluding hydrogens is 346 g/mol. The van der Waals surface area contributed by atoms with Crippen LogP contribution in [-0.2, 0) is 21.2 Å². The van der Waals surface area contributed by atoms with Crippen molar-refractivity contribution >= 4 is 15.7 Å². The number of sulfone groups is 1. The van der Waals surface area contributed by atoms with E-state index in [1.165, 1.54) is 5.57 Å². The van der Waals surface area contributed by atoms with Gasteiger partial charge in [-0.3, -0.25) is 4.79 Å². The van der Waals surface area contributed by atoms with Crippen molar-refractivity contribution in [1.82, 2.24) is 4.90 Å². The highest BCUT2D eigenvalue weighted by Gasteiger charge is 2.61. The van der Waals surface area contributed by atoms with Crippen LogP contribution in [0.1, 0.15) is 39.7 Å². The Hall–Kier alpha value is -1.62. The molecule has 2 aliphatic rings. The number of benzene rings is 1.